The van der Waals surface area contributed by atoms with Crippen molar-refractivity contribution in [1.82, 2.24) is 19.2 Å². The molecule has 3 aromatic carbocycles. The van der Waals surface area contributed by atoms with Gasteiger partial charge in [-0.05, 0) is 73.4 Å². The van der Waals surface area contributed by atoms with Crippen LogP contribution in [0, 0.1) is 20.8 Å². The largest absolute Gasteiger partial charge is 0.319 e. The zero-order chi connectivity index (χ0) is 24.0. The molecule has 0 bridgehead atoms. The molecule has 34 heavy (non-hydrogen) atoms. The molecule has 5 rings (SSSR count). The van der Waals surface area contributed by atoms with Gasteiger partial charge in [0, 0.05) is 10.7 Å². The lowest BCUT2D eigenvalue weighted by Gasteiger charge is -2.13. The van der Waals surface area contributed by atoms with Crippen LogP contribution in [0.25, 0.3) is 16.7 Å². The Kier molecular flexibility index (Phi) is 5.42. The van der Waals surface area contributed by atoms with E-state index in [1.807, 2.05) is 75.4 Å². The van der Waals surface area contributed by atoms with Crippen molar-refractivity contribution in [3.05, 3.63) is 104 Å². The van der Waals surface area contributed by atoms with Crippen LogP contribution in [0.5, 0.6) is 0 Å². The number of nitrogens with zero attached hydrogens (tertiary/aromatic N) is 4. The Morgan fingerprint density at radius 1 is 0.941 bits per heavy atom. The maximum absolute atomic E-state index is 13.5. The molecule has 0 aliphatic heterocycles. The number of amides is 1. The third kappa shape index (κ3) is 3.95. The average Bonchev–Trinajstić information content (AvgIpc) is 3.23. The fraction of sp³-hybridized carbons (Fsp3) is 0.154. The molecule has 170 valence electrons. The first-order valence-electron chi connectivity index (χ1n) is 10.8. The highest BCUT2D eigenvalue weighted by Gasteiger charge is 2.20. The Hall–Kier alpha value is -3.97. The first kappa shape index (κ1) is 21.9. The van der Waals surface area contributed by atoms with E-state index in [0.29, 0.717) is 21.7 Å². The molecular formula is C26H22ClN5O2. The Balaban J connectivity index is 1.65. The van der Waals surface area contributed by atoms with Gasteiger partial charge in [0.2, 0.25) is 11.5 Å². The van der Waals surface area contributed by atoms with E-state index in [9.17, 15) is 9.59 Å². The second-order valence-corrected chi connectivity index (χ2v) is 8.88. The molecule has 1 N–H and O–H groups in total. The van der Waals surface area contributed by atoms with Crippen LogP contribution in [-0.2, 0) is 6.54 Å². The first-order chi connectivity index (χ1) is 16.3. The lowest BCUT2D eigenvalue weighted by Crippen LogP contribution is -2.24. The molecule has 5 aromatic rings. The maximum Gasteiger partial charge on any atom is 0.296 e. The summed E-state index contributed by atoms with van der Waals surface area (Å²) in [5.74, 6) is -0.556. The number of aromatic nitrogens is 4. The van der Waals surface area contributed by atoms with Gasteiger partial charge in [0.05, 0.1) is 17.6 Å². The molecule has 0 unspecified atom stereocenters. The second-order valence-electron chi connectivity index (χ2n) is 8.48. The van der Waals surface area contributed by atoms with Crippen LogP contribution in [0.1, 0.15) is 32.9 Å². The fourth-order valence-electron chi connectivity index (χ4n) is 4.16. The molecule has 7 nitrogen and oxygen atoms in total. The monoisotopic (exact) mass is 471 g/mol. The van der Waals surface area contributed by atoms with Crippen LogP contribution in [0.15, 0.2) is 65.5 Å². The maximum atomic E-state index is 13.5. The van der Waals surface area contributed by atoms with Crippen molar-refractivity contribution in [2.75, 3.05) is 5.32 Å². The van der Waals surface area contributed by atoms with Gasteiger partial charge in [-0.1, -0.05) is 41.9 Å². The molecule has 0 saturated heterocycles. The molecule has 2 heterocycles. The Morgan fingerprint density at radius 2 is 1.68 bits per heavy atom. The number of hydrogen-bond acceptors (Lipinski definition) is 4. The SMILES string of the molecule is Cc1cc(C)cc(NC(=O)c2nc3c(=O)n(Cc4ccccc4Cl)c4cc(C)ccc4n3n2)c1. The number of fused-ring (bicyclic) bond motifs is 3. The minimum absolute atomic E-state index is 0.0753. The molecule has 0 aliphatic rings. The molecule has 2 aromatic heterocycles. The molecule has 8 heteroatoms. The standard InChI is InChI=1S/C26H22ClN5O2/c1-15-8-9-21-22(13-15)31(14-18-6-4-5-7-20(18)27)26(34)24-29-23(30-32(21)24)25(33)28-19-11-16(2)10-17(3)12-19/h4-13H,14H2,1-3H3,(H,28,33). The van der Waals surface area contributed by atoms with Gasteiger partial charge < -0.3 is 5.32 Å². The minimum atomic E-state index is -0.481. The summed E-state index contributed by atoms with van der Waals surface area (Å²) in [4.78, 5) is 30.8. The van der Waals surface area contributed by atoms with E-state index in [-0.39, 0.29) is 23.6 Å². The van der Waals surface area contributed by atoms with Crippen LogP contribution in [-0.4, -0.2) is 25.1 Å². The summed E-state index contributed by atoms with van der Waals surface area (Å²) in [6, 6.07) is 18.9. The number of carbonyl (C=O) groups is 1. The number of halogens is 1. The molecule has 0 atom stereocenters. The van der Waals surface area contributed by atoms with Gasteiger partial charge in [0.25, 0.3) is 11.5 Å². The van der Waals surface area contributed by atoms with Crippen LogP contribution >= 0.6 is 11.6 Å². The molecule has 0 saturated carbocycles. The van der Waals surface area contributed by atoms with Gasteiger partial charge >= 0.3 is 0 Å². The van der Waals surface area contributed by atoms with Gasteiger partial charge in [-0.25, -0.2) is 4.52 Å². The van der Waals surface area contributed by atoms with Gasteiger partial charge in [-0.3, -0.25) is 14.2 Å². The van der Waals surface area contributed by atoms with E-state index in [2.05, 4.69) is 15.4 Å². The fourth-order valence-corrected chi connectivity index (χ4v) is 4.36. The van der Waals surface area contributed by atoms with E-state index in [0.717, 1.165) is 22.3 Å². The second kappa shape index (κ2) is 8.43. The number of carbonyl (C=O) groups excluding carboxylic acids is 1. The predicted molar refractivity (Wildman–Crippen MR) is 134 cm³/mol. The summed E-state index contributed by atoms with van der Waals surface area (Å²) in [7, 11) is 0. The van der Waals surface area contributed by atoms with Crippen molar-refractivity contribution in [2.24, 2.45) is 0 Å². The highest BCUT2D eigenvalue weighted by Crippen LogP contribution is 2.21. The minimum Gasteiger partial charge on any atom is -0.319 e. The van der Waals surface area contributed by atoms with Crippen LogP contribution in [0.3, 0.4) is 0 Å². The molecule has 0 fully saturated rings. The van der Waals surface area contributed by atoms with Crippen molar-refractivity contribution < 1.29 is 4.79 Å². The first-order valence-corrected chi connectivity index (χ1v) is 11.2. The lowest BCUT2D eigenvalue weighted by atomic mass is 10.1. The topological polar surface area (TPSA) is 81.3 Å². The third-order valence-corrected chi connectivity index (χ3v) is 6.03. The number of aryl methyl sites for hydroxylation is 3. The van der Waals surface area contributed by atoms with Crippen molar-refractivity contribution >= 4 is 39.9 Å². The quantitative estimate of drug-likeness (QED) is 0.403. The van der Waals surface area contributed by atoms with Crippen molar-refractivity contribution in [1.29, 1.82) is 0 Å². The average molecular weight is 472 g/mol. The van der Waals surface area contributed by atoms with E-state index >= 15 is 0 Å². The zero-order valence-electron chi connectivity index (χ0n) is 19.0. The van der Waals surface area contributed by atoms with E-state index < -0.39 is 5.91 Å². The molecule has 0 aliphatic carbocycles. The summed E-state index contributed by atoms with van der Waals surface area (Å²) in [6.45, 7) is 6.15. The molecule has 1 amide bonds. The van der Waals surface area contributed by atoms with Crippen LogP contribution in [0.2, 0.25) is 5.02 Å². The molecular weight excluding hydrogens is 450 g/mol. The highest BCUT2D eigenvalue weighted by atomic mass is 35.5. The number of hydrogen-bond donors (Lipinski definition) is 1. The smallest absolute Gasteiger partial charge is 0.296 e. The number of nitrogens with one attached hydrogen (secondary N) is 1. The predicted octanol–water partition coefficient (Wildman–Crippen LogP) is 4.92. The van der Waals surface area contributed by atoms with Crippen molar-refractivity contribution in [3.8, 4) is 0 Å². The lowest BCUT2D eigenvalue weighted by molar-refractivity contribution is 0.101. The van der Waals surface area contributed by atoms with Gasteiger partial charge in [-0.2, -0.15) is 4.98 Å². The highest BCUT2D eigenvalue weighted by molar-refractivity contribution is 6.31. The number of benzene rings is 3. The summed E-state index contributed by atoms with van der Waals surface area (Å²) in [5.41, 5.74) is 5.60. The van der Waals surface area contributed by atoms with E-state index in [1.165, 1.54) is 4.52 Å². The summed E-state index contributed by atoms with van der Waals surface area (Å²) in [6.07, 6.45) is 0. The molecule has 0 spiro atoms. The van der Waals surface area contributed by atoms with E-state index in [4.69, 9.17) is 11.6 Å². The van der Waals surface area contributed by atoms with Gasteiger partial charge in [0.1, 0.15) is 0 Å². The van der Waals surface area contributed by atoms with Gasteiger partial charge in [-0.15, -0.1) is 5.10 Å². The third-order valence-electron chi connectivity index (χ3n) is 5.66. The number of anilines is 1. The Bertz CT molecular complexity index is 1630. The number of rotatable bonds is 4. The normalized spacial score (nSPS) is 11.3. The summed E-state index contributed by atoms with van der Waals surface area (Å²) < 4.78 is 3.07. The van der Waals surface area contributed by atoms with Crippen LogP contribution < -0.4 is 10.9 Å². The Labute approximate surface area is 200 Å². The summed E-state index contributed by atoms with van der Waals surface area (Å²) >= 11 is 6.37. The van der Waals surface area contributed by atoms with E-state index in [1.54, 1.807) is 10.6 Å². The Morgan fingerprint density at radius 3 is 2.41 bits per heavy atom. The van der Waals surface area contributed by atoms with Crippen molar-refractivity contribution in [2.45, 2.75) is 27.3 Å². The zero-order valence-corrected chi connectivity index (χ0v) is 19.7. The summed E-state index contributed by atoms with van der Waals surface area (Å²) in [5, 5.41) is 7.80. The molecule has 0 radical (unpaired) electrons. The van der Waals surface area contributed by atoms with Gasteiger partial charge in [0.15, 0.2) is 0 Å². The van der Waals surface area contributed by atoms with Crippen LogP contribution in [0.4, 0.5) is 5.69 Å². The van der Waals surface area contributed by atoms with Crippen molar-refractivity contribution in [3.63, 3.8) is 0 Å².